The van der Waals surface area contributed by atoms with Crippen LogP contribution in [-0.2, 0) is 4.79 Å². The van der Waals surface area contributed by atoms with Crippen molar-refractivity contribution in [2.24, 2.45) is 0 Å². The van der Waals surface area contributed by atoms with Crippen molar-refractivity contribution in [3.05, 3.63) is 70.8 Å². The predicted octanol–water partition coefficient (Wildman–Crippen LogP) is 4.42. The topological polar surface area (TPSA) is 17.1 Å². The molecule has 0 spiro atoms. The van der Waals surface area contributed by atoms with Gasteiger partial charge in [0.05, 0.1) is 5.25 Å². The Hall–Kier alpha value is -1.80. The molecule has 0 N–H and O–H groups in total. The molecule has 0 aliphatic carbocycles. The zero-order chi connectivity index (χ0) is 13.2. The Kier molecular flexibility index (Phi) is 3.26. The second-order valence-electron chi connectivity index (χ2n) is 4.71. The van der Waals surface area contributed by atoms with Crippen molar-refractivity contribution < 1.29 is 4.79 Å². The lowest BCUT2D eigenvalue weighted by Crippen LogP contribution is -2.04. The van der Waals surface area contributed by atoms with Crippen LogP contribution in [0.3, 0.4) is 0 Å². The lowest BCUT2D eigenvalue weighted by Gasteiger charge is -2.23. The van der Waals surface area contributed by atoms with Crippen LogP contribution in [0.4, 0.5) is 0 Å². The summed E-state index contributed by atoms with van der Waals surface area (Å²) in [4.78, 5) is 12.6. The largest absolute Gasteiger partial charge is 0.298 e. The Morgan fingerprint density at radius 2 is 1.79 bits per heavy atom. The normalized spacial score (nSPS) is 17.5. The molecular weight excluding hydrogens is 252 g/mol. The van der Waals surface area contributed by atoms with Gasteiger partial charge in [0.1, 0.15) is 6.29 Å². The zero-order valence-electron chi connectivity index (χ0n) is 10.7. The van der Waals surface area contributed by atoms with Gasteiger partial charge < -0.3 is 0 Å². The highest BCUT2D eigenvalue weighted by molar-refractivity contribution is 8.00. The summed E-state index contributed by atoms with van der Waals surface area (Å²) < 4.78 is 0. The number of benzene rings is 2. The van der Waals surface area contributed by atoms with E-state index in [1.807, 2.05) is 18.2 Å². The molecule has 19 heavy (non-hydrogen) atoms. The van der Waals surface area contributed by atoms with Crippen LogP contribution in [0.15, 0.2) is 59.0 Å². The van der Waals surface area contributed by atoms with E-state index in [1.54, 1.807) is 11.8 Å². The third kappa shape index (κ3) is 2.36. The van der Waals surface area contributed by atoms with E-state index in [4.69, 9.17) is 0 Å². The van der Waals surface area contributed by atoms with Crippen LogP contribution in [0.5, 0.6) is 0 Å². The number of hydrogen-bond acceptors (Lipinski definition) is 2. The average Bonchev–Trinajstić information content (AvgIpc) is 2.46. The molecule has 3 rings (SSSR count). The van der Waals surface area contributed by atoms with Crippen LogP contribution >= 0.6 is 11.8 Å². The zero-order valence-corrected chi connectivity index (χ0v) is 11.5. The molecule has 0 saturated heterocycles. The van der Waals surface area contributed by atoms with Crippen molar-refractivity contribution >= 4 is 24.1 Å². The van der Waals surface area contributed by atoms with Crippen molar-refractivity contribution in [2.45, 2.75) is 17.1 Å². The number of rotatable bonds is 2. The van der Waals surface area contributed by atoms with Crippen molar-refractivity contribution in [1.82, 2.24) is 0 Å². The van der Waals surface area contributed by atoms with Crippen molar-refractivity contribution in [3.63, 3.8) is 0 Å². The summed E-state index contributed by atoms with van der Waals surface area (Å²) in [5.41, 5.74) is 4.40. The van der Waals surface area contributed by atoms with Crippen LogP contribution in [0.25, 0.3) is 6.08 Å². The van der Waals surface area contributed by atoms with Gasteiger partial charge in [-0.2, -0.15) is 0 Å². The predicted molar refractivity (Wildman–Crippen MR) is 80.3 cm³/mol. The molecule has 1 heterocycles. The quantitative estimate of drug-likeness (QED) is 0.748. The van der Waals surface area contributed by atoms with E-state index in [2.05, 4.69) is 43.3 Å². The molecule has 2 heteroatoms. The average molecular weight is 266 g/mol. The van der Waals surface area contributed by atoms with Crippen molar-refractivity contribution in [1.29, 1.82) is 0 Å². The van der Waals surface area contributed by atoms with Gasteiger partial charge in [-0.3, -0.25) is 4.79 Å². The third-order valence-electron chi connectivity index (χ3n) is 3.30. The first-order valence-electron chi connectivity index (χ1n) is 6.27. The summed E-state index contributed by atoms with van der Waals surface area (Å²) in [6.07, 6.45) is 2.98. The maximum absolute atomic E-state index is 11.3. The minimum absolute atomic E-state index is 0.105. The number of aryl methyl sites for hydroxylation is 1. The molecule has 1 aliphatic rings. The highest BCUT2D eigenvalue weighted by atomic mass is 32.2. The van der Waals surface area contributed by atoms with Crippen LogP contribution in [-0.4, -0.2) is 6.29 Å². The molecule has 0 aromatic heterocycles. The Labute approximate surface area is 117 Å². The molecule has 0 saturated carbocycles. The lowest BCUT2D eigenvalue weighted by molar-refractivity contribution is -0.104. The summed E-state index contributed by atoms with van der Waals surface area (Å²) in [5.74, 6) is 0. The minimum atomic E-state index is 0.105. The molecule has 0 radical (unpaired) electrons. The SMILES string of the molecule is Cc1ccc(C2Sc3ccccc3C=C2C=O)cc1. The Balaban J connectivity index is 2.04. The van der Waals surface area contributed by atoms with Gasteiger partial charge in [0.15, 0.2) is 0 Å². The standard InChI is InChI=1S/C17H14OS/c1-12-6-8-13(9-7-12)17-15(11-18)10-14-4-2-3-5-16(14)19-17/h2-11,17H,1H3. The smallest absolute Gasteiger partial charge is 0.147 e. The molecule has 0 fully saturated rings. The Morgan fingerprint density at radius 1 is 1.05 bits per heavy atom. The van der Waals surface area contributed by atoms with Gasteiger partial charge in [-0.25, -0.2) is 0 Å². The summed E-state index contributed by atoms with van der Waals surface area (Å²) in [5, 5.41) is 0.105. The summed E-state index contributed by atoms with van der Waals surface area (Å²) in [7, 11) is 0. The van der Waals surface area contributed by atoms with E-state index in [-0.39, 0.29) is 5.25 Å². The van der Waals surface area contributed by atoms with Gasteiger partial charge in [-0.15, -0.1) is 11.8 Å². The second kappa shape index (κ2) is 5.06. The van der Waals surface area contributed by atoms with E-state index >= 15 is 0 Å². The molecule has 2 aromatic rings. The third-order valence-corrected chi connectivity index (χ3v) is 4.71. The van der Waals surface area contributed by atoms with Crippen molar-refractivity contribution in [2.75, 3.05) is 0 Å². The number of hydrogen-bond donors (Lipinski definition) is 0. The Bertz CT molecular complexity index is 641. The first-order valence-corrected chi connectivity index (χ1v) is 7.15. The van der Waals surface area contributed by atoms with E-state index < -0.39 is 0 Å². The molecule has 1 aliphatic heterocycles. The van der Waals surface area contributed by atoms with Crippen LogP contribution < -0.4 is 0 Å². The molecule has 2 aromatic carbocycles. The van der Waals surface area contributed by atoms with Gasteiger partial charge in [-0.1, -0.05) is 48.0 Å². The highest BCUT2D eigenvalue weighted by Gasteiger charge is 2.23. The molecule has 0 bridgehead atoms. The van der Waals surface area contributed by atoms with Crippen LogP contribution in [0.1, 0.15) is 21.9 Å². The molecule has 1 unspecified atom stereocenters. The first kappa shape index (κ1) is 12.2. The number of thioether (sulfide) groups is 1. The van der Waals surface area contributed by atoms with Crippen LogP contribution in [0.2, 0.25) is 0 Å². The molecule has 0 amide bonds. The van der Waals surface area contributed by atoms with E-state index in [9.17, 15) is 4.79 Å². The van der Waals surface area contributed by atoms with Gasteiger partial charge >= 0.3 is 0 Å². The molecular formula is C17H14OS. The van der Waals surface area contributed by atoms with Gasteiger partial charge in [0.2, 0.25) is 0 Å². The van der Waals surface area contributed by atoms with E-state index in [1.165, 1.54) is 16.0 Å². The van der Waals surface area contributed by atoms with Gasteiger partial charge in [0, 0.05) is 10.5 Å². The highest BCUT2D eigenvalue weighted by Crippen LogP contribution is 2.45. The van der Waals surface area contributed by atoms with E-state index in [0.29, 0.717) is 0 Å². The minimum Gasteiger partial charge on any atom is -0.298 e. The first-order chi connectivity index (χ1) is 9.28. The second-order valence-corrected chi connectivity index (χ2v) is 5.86. The number of aldehydes is 1. The van der Waals surface area contributed by atoms with Gasteiger partial charge in [-0.05, 0) is 30.2 Å². The molecule has 1 nitrogen and oxygen atoms in total. The van der Waals surface area contributed by atoms with Gasteiger partial charge in [0.25, 0.3) is 0 Å². The molecule has 94 valence electrons. The number of carbonyl (C=O) groups excluding carboxylic acids is 1. The summed E-state index contributed by atoms with van der Waals surface area (Å²) >= 11 is 1.75. The summed E-state index contributed by atoms with van der Waals surface area (Å²) in [6.45, 7) is 2.07. The summed E-state index contributed by atoms with van der Waals surface area (Å²) in [6, 6.07) is 16.6. The Morgan fingerprint density at radius 3 is 2.53 bits per heavy atom. The maximum atomic E-state index is 11.3. The van der Waals surface area contributed by atoms with E-state index in [0.717, 1.165) is 17.4 Å². The number of fused-ring (bicyclic) bond motifs is 1. The molecule has 1 atom stereocenters. The fourth-order valence-electron chi connectivity index (χ4n) is 2.25. The van der Waals surface area contributed by atoms with Crippen LogP contribution in [0, 0.1) is 6.92 Å². The van der Waals surface area contributed by atoms with Crippen molar-refractivity contribution in [3.8, 4) is 0 Å². The fraction of sp³-hybridized carbons (Fsp3) is 0.118. The maximum Gasteiger partial charge on any atom is 0.147 e. The fourth-order valence-corrected chi connectivity index (χ4v) is 3.48. The lowest BCUT2D eigenvalue weighted by atomic mass is 10.0. The number of carbonyl (C=O) groups is 1. The monoisotopic (exact) mass is 266 g/mol.